The van der Waals surface area contributed by atoms with Gasteiger partial charge in [-0.1, -0.05) is 20.8 Å². The lowest BCUT2D eigenvalue weighted by Crippen LogP contribution is -1.80. The standard InChI is InChI=1S/C16H14O3.C2H6/c1-2-10-7-14(18)8-12-9-15(19-16(10)12)11-3-5-13(17)6-4-11;1-2/h3-9,17-18H,2H2,1H3;1-2H3. The van der Waals surface area contributed by atoms with Crippen LogP contribution in [0.15, 0.2) is 46.9 Å². The highest BCUT2D eigenvalue weighted by Crippen LogP contribution is 2.33. The fourth-order valence-corrected chi connectivity index (χ4v) is 2.24. The molecule has 0 amide bonds. The molecule has 21 heavy (non-hydrogen) atoms. The van der Waals surface area contributed by atoms with E-state index in [2.05, 4.69) is 0 Å². The number of hydrogen-bond donors (Lipinski definition) is 2. The summed E-state index contributed by atoms with van der Waals surface area (Å²) in [6, 6.07) is 12.2. The van der Waals surface area contributed by atoms with Crippen molar-refractivity contribution in [3.05, 3.63) is 48.0 Å². The Bertz CT molecular complexity index is 724. The molecule has 0 bridgehead atoms. The average molecular weight is 284 g/mol. The van der Waals surface area contributed by atoms with Crippen LogP contribution >= 0.6 is 0 Å². The number of benzene rings is 2. The van der Waals surface area contributed by atoms with E-state index in [9.17, 15) is 10.2 Å². The van der Waals surface area contributed by atoms with Gasteiger partial charge in [0.05, 0.1) is 0 Å². The van der Waals surface area contributed by atoms with Crippen molar-refractivity contribution in [1.29, 1.82) is 0 Å². The first-order valence-corrected chi connectivity index (χ1v) is 7.22. The van der Waals surface area contributed by atoms with Gasteiger partial charge in [0.2, 0.25) is 0 Å². The van der Waals surface area contributed by atoms with E-state index < -0.39 is 0 Å². The Morgan fingerprint density at radius 2 is 1.57 bits per heavy atom. The normalized spacial score (nSPS) is 10.2. The molecule has 0 aliphatic heterocycles. The van der Waals surface area contributed by atoms with E-state index in [1.165, 1.54) is 0 Å². The third-order valence-corrected chi connectivity index (χ3v) is 3.21. The first-order chi connectivity index (χ1) is 10.2. The molecular weight excluding hydrogens is 264 g/mol. The molecule has 1 heterocycles. The van der Waals surface area contributed by atoms with Crippen LogP contribution in [0.3, 0.4) is 0 Å². The first-order valence-electron chi connectivity index (χ1n) is 7.22. The predicted octanol–water partition coefficient (Wildman–Crippen LogP) is 5.10. The molecule has 3 nitrogen and oxygen atoms in total. The molecule has 0 radical (unpaired) electrons. The highest BCUT2D eigenvalue weighted by molar-refractivity contribution is 5.86. The number of furan rings is 1. The lowest BCUT2D eigenvalue weighted by atomic mass is 10.1. The van der Waals surface area contributed by atoms with Crippen LogP contribution in [0.25, 0.3) is 22.3 Å². The molecule has 0 atom stereocenters. The summed E-state index contributed by atoms with van der Waals surface area (Å²) in [6.45, 7) is 6.02. The third-order valence-electron chi connectivity index (χ3n) is 3.21. The van der Waals surface area contributed by atoms with E-state index in [0.29, 0.717) is 0 Å². The molecule has 0 saturated carbocycles. The Balaban J connectivity index is 0.000000774. The monoisotopic (exact) mass is 284 g/mol. The van der Waals surface area contributed by atoms with Gasteiger partial charge < -0.3 is 14.6 Å². The second-order valence-electron chi connectivity index (χ2n) is 4.53. The summed E-state index contributed by atoms with van der Waals surface area (Å²) < 4.78 is 5.88. The molecule has 110 valence electrons. The van der Waals surface area contributed by atoms with Crippen molar-refractivity contribution in [2.75, 3.05) is 0 Å². The zero-order chi connectivity index (χ0) is 15.4. The molecule has 3 rings (SSSR count). The van der Waals surface area contributed by atoms with Crippen LogP contribution < -0.4 is 0 Å². The number of aryl methyl sites for hydroxylation is 1. The van der Waals surface area contributed by atoms with Crippen molar-refractivity contribution < 1.29 is 14.6 Å². The predicted molar refractivity (Wildman–Crippen MR) is 85.7 cm³/mol. The van der Waals surface area contributed by atoms with Gasteiger partial charge in [-0.3, -0.25) is 0 Å². The van der Waals surface area contributed by atoms with Crippen LogP contribution in [0.1, 0.15) is 26.3 Å². The van der Waals surface area contributed by atoms with Crippen molar-refractivity contribution in [3.63, 3.8) is 0 Å². The third kappa shape index (κ3) is 3.02. The summed E-state index contributed by atoms with van der Waals surface area (Å²) >= 11 is 0. The molecule has 0 aliphatic carbocycles. The van der Waals surface area contributed by atoms with Gasteiger partial charge >= 0.3 is 0 Å². The second kappa shape index (κ2) is 6.35. The summed E-state index contributed by atoms with van der Waals surface area (Å²) in [6.07, 6.45) is 0.799. The number of hydrogen-bond acceptors (Lipinski definition) is 3. The highest BCUT2D eigenvalue weighted by atomic mass is 16.3. The molecule has 1 aromatic heterocycles. The van der Waals surface area contributed by atoms with E-state index in [1.54, 1.807) is 36.4 Å². The Kier molecular flexibility index (Phi) is 4.53. The van der Waals surface area contributed by atoms with Crippen LogP contribution in [-0.4, -0.2) is 10.2 Å². The zero-order valence-corrected chi connectivity index (χ0v) is 12.6. The van der Waals surface area contributed by atoms with Crippen molar-refractivity contribution in [3.8, 4) is 22.8 Å². The maximum atomic E-state index is 9.68. The smallest absolute Gasteiger partial charge is 0.138 e. The summed E-state index contributed by atoms with van der Waals surface area (Å²) in [5.41, 5.74) is 2.69. The van der Waals surface area contributed by atoms with E-state index in [0.717, 1.165) is 34.3 Å². The van der Waals surface area contributed by atoms with E-state index in [4.69, 9.17) is 4.42 Å². The first kappa shape index (κ1) is 15.0. The number of rotatable bonds is 2. The number of phenols is 2. The zero-order valence-electron chi connectivity index (χ0n) is 12.6. The molecule has 0 unspecified atom stereocenters. The van der Waals surface area contributed by atoms with Crippen LogP contribution in [0.4, 0.5) is 0 Å². The summed E-state index contributed by atoms with van der Waals surface area (Å²) in [4.78, 5) is 0. The van der Waals surface area contributed by atoms with Gasteiger partial charge in [-0.15, -0.1) is 0 Å². The van der Waals surface area contributed by atoms with Gasteiger partial charge in [0.15, 0.2) is 0 Å². The van der Waals surface area contributed by atoms with Gasteiger partial charge in [0.1, 0.15) is 22.8 Å². The Labute approximate surface area is 124 Å². The van der Waals surface area contributed by atoms with Crippen molar-refractivity contribution >= 4 is 11.0 Å². The van der Waals surface area contributed by atoms with E-state index in [1.807, 2.05) is 26.8 Å². The number of fused-ring (bicyclic) bond motifs is 1. The molecule has 3 heteroatoms. The quantitative estimate of drug-likeness (QED) is 0.688. The minimum atomic E-state index is 0.228. The largest absolute Gasteiger partial charge is 0.508 e. The minimum absolute atomic E-state index is 0.228. The average Bonchev–Trinajstić information content (AvgIpc) is 2.93. The van der Waals surface area contributed by atoms with Crippen molar-refractivity contribution in [2.45, 2.75) is 27.2 Å². The Morgan fingerprint density at radius 3 is 2.19 bits per heavy atom. The highest BCUT2D eigenvalue weighted by Gasteiger charge is 2.10. The Hall–Kier alpha value is -2.42. The van der Waals surface area contributed by atoms with E-state index >= 15 is 0 Å². The summed E-state index contributed by atoms with van der Waals surface area (Å²) in [5.74, 6) is 1.21. The minimum Gasteiger partial charge on any atom is -0.508 e. The Morgan fingerprint density at radius 1 is 0.905 bits per heavy atom. The summed E-state index contributed by atoms with van der Waals surface area (Å²) in [5, 5.41) is 19.9. The molecule has 0 aliphatic rings. The fraction of sp³-hybridized carbons (Fsp3) is 0.222. The lowest BCUT2D eigenvalue weighted by molar-refractivity contribution is 0.474. The molecule has 2 N–H and O–H groups in total. The molecule has 0 spiro atoms. The van der Waals surface area contributed by atoms with Crippen LogP contribution in [0, 0.1) is 0 Å². The van der Waals surface area contributed by atoms with Gasteiger partial charge in [-0.2, -0.15) is 0 Å². The van der Waals surface area contributed by atoms with Crippen molar-refractivity contribution in [2.24, 2.45) is 0 Å². The van der Waals surface area contributed by atoms with Gasteiger partial charge in [0, 0.05) is 10.9 Å². The molecular formula is C18H20O3. The fourth-order valence-electron chi connectivity index (χ4n) is 2.24. The van der Waals surface area contributed by atoms with Gasteiger partial charge in [-0.05, 0) is 54.4 Å². The number of phenolic OH excluding ortho intramolecular Hbond substituents is 2. The maximum absolute atomic E-state index is 9.68. The van der Waals surface area contributed by atoms with Crippen molar-refractivity contribution in [1.82, 2.24) is 0 Å². The molecule has 0 fully saturated rings. The van der Waals surface area contributed by atoms with Crippen LogP contribution in [-0.2, 0) is 6.42 Å². The van der Waals surface area contributed by atoms with Gasteiger partial charge in [-0.25, -0.2) is 0 Å². The SMILES string of the molecule is CC.CCc1cc(O)cc2cc(-c3ccc(O)cc3)oc12. The molecule has 2 aromatic carbocycles. The second-order valence-corrected chi connectivity index (χ2v) is 4.53. The summed E-state index contributed by atoms with van der Waals surface area (Å²) in [7, 11) is 0. The maximum Gasteiger partial charge on any atom is 0.138 e. The number of aromatic hydroxyl groups is 2. The van der Waals surface area contributed by atoms with Crippen LogP contribution in [0.5, 0.6) is 11.5 Å². The topological polar surface area (TPSA) is 53.6 Å². The molecule has 0 saturated heterocycles. The molecule has 3 aromatic rings. The van der Waals surface area contributed by atoms with Gasteiger partial charge in [0.25, 0.3) is 0 Å². The van der Waals surface area contributed by atoms with Crippen LogP contribution in [0.2, 0.25) is 0 Å². The van der Waals surface area contributed by atoms with E-state index in [-0.39, 0.29) is 11.5 Å². The lowest BCUT2D eigenvalue weighted by Gasteiger charge is -1.99.